The lowest BCUT2D eigenvalue weighted by Gasteiger charge is -2.47. The highest BCUT2D eigenvalue weighted by Gasteiger charge is 2.47. The van der Waals surface area contributed by atoms with E-state index in [1.165, 1.54) is 6.20 Å². The highest BCUT2D eigenvalue weighted by atomic mass is 79.9. The van der Waals surface area contributed by atoms with Crippen LogP contribution in [-0.4, -0.2) is 107 Å². The number of urea groups is 1. The first-order valence-electron chi connectivity index (χ1n) is 22.8. The first kappa shape index (κ1) is 48.3. The molecule has 2 aliphatic heterocycles. The van der Waals surface area contributed by atoms with Crippen LogP contribution in [0.1, 0.15) is 91.0 Å². The molecule has 3 N–H and O–H groups in total. The number of nitro groups is 1. The number of nitro benzene ring substituents is 1. The number of hydrogen-bond donors (Lipinski definition) is 3. The SMILES string of the molecule is Cc1ccc(C(=O)N(CCOCCCCC(=O)N2CCO[C@H](COc3cc(C)c(Br)cc3NC(=O)Nc3cnc(C)cn3)C2)CC(C)(C)C2Nc3ccc([N+](=O)[O-])cc3C3CCCC32)cc1. The van der Waals surface area contributed by atoms with Crippen LogP contribution in [0.25, 0.3) is 0 Å². The van der Waals surface area contributed by atoms with Crippen LogP contribution in [0.15, 0.2) is 71.5 Å². The molecule has 352 valence electrons. The first-order chi connectivity index (χ1) is 31.6. The molecule has 3 unspecified atom stereocenters. The topological polar surface area (TPSA) is 190 Å². The van der Waals surface area contributed by atoms with Gasteiger partial charge in [0.25, 0.3) is 11.6 Å². The summed E-state index contributed by atoms with van der Waals surface area (Å²) in [6.45, 7) is 13.3. The Balaban J connectivity index is 0.877. The fraction of sp³-hybridized carbons (Fsp3) is 0.490. The summed E-state index contributed by atoms with van der Waals surface area (Å²) in [5.41, 5.74) is 5.55. The number of carbonyl (C=O) groups is 3. The lowest BCUT2D eigenvalue weighted by Crippen LogP contribution is -2.52. The van der Waals surface area contributed by atoms with E-state index in [9.17, 15) is 24.5 Å². The Bertz CT molecular complexity index is 2360. The van der Waals surface area contributed by atoms with E-state index in [-0.39, 0.29) is 52.5 Å². The number of benzene rings is 3. The van der Waals surface area contributed by atoms with Crippen LogP contribution in [0.2, 0.25) is 0 Å². The number of aryl methyl sites for hydroxylation is 3. The van der Waals surface area contributed by atoms with Crippen molar-refractivity contribution in [2.45, 2.75) is 91.2 Å². The second kappa shape index (κ2) is 21.8. The van der Waals surface area contributed by atoms with Gasteiger partial charge < -0.3 is 34.6 Å². The Hall–Kier alpha value is -5.65. The van der Waals surface area contributed by atoms with E-state index in [2.05, 4.69) is 55.7 Å². The number of rotatable bonds is 18. The van der Waals surface area contributed by atoms with Crippen molar-refractivity contribution >= 4 is 56.7 Å². The zero-order chi connectivity index (χ0) is 47.0. The zero-order valence-corrected chi connectivity index (χ0v) is 40.0. The summed E-state index contributed by atoms with van der Waals surface area (Å²) in [7, 11) is 0. The van der Waals surface area contributed by atoms with Gasteiger partial charge in [0.2, 0.25) is 5.91 Å². The van der Waals surface area contributed by atoms with Crippen molar-refractivity contribution < 1.29 is 33.5 Å². The maximum Gasteiger partial charge on any atom is 0.325 e. The molecular formula is C49H61BrN8O8. The third kappa shape index (κ3) is 12.2. The molecule has 0 bridgehead atoms. The summed E-state index contributed by atoms with van der Waals surface area (Å²) in [5.74, 6) is 1.29. The number of hydrogen-bond acceptors (Lipinski definition) is 11. The molecule has 3 aliphatic rings. The van der Waals surface area contributed by atoms with Crippen molar-refractivity contribution in [2.24, 2.45) is 11.3 Å². The van der Waals surface area contributed by atoms with Crippen LogP contribution in [0, 0.1) is 42.2 Å². The van der Waals surface area contributed by atoms with Gasteiger partial charge in [0.1, 0.15) is 18.5 Å². The van der Waals surface area contributed by atoms with Crippen molar-refractivity contribution in [1.29, 1.82) is 0 Å². The van der Waals surface area contributed by atoms with Crippen LogP contribution in [-0.2, 0) is 14.3 Å². The van der Waals surface area contributed by atoms with E-state index in [1.54, 1.807) is 24.4 Å². The molecule has 3 aromatic carbocycles. The first-order valence-corrected chi connectivity index (χ1v) is 23.6. The maximum atomic E-state index is 14.1. The number of non-ortho nitro benzene ring substituents is 1. The van der Waals surface area contributed by atoms with Gasteiger partial charge in [0.15, 0.2) is 5.82 Å². The van der Waals surface area contributed by atoms with Gasteiger partial charge in [0, 0.05) is 72.0 Å². The summed E-state index contributed by atoms with van der Waals surface area (Å²) in [5, 5.41) is 20.9. The van der Waals surface area contributed by atoms with E-state index >= 15 is 0 Å². The van der Waals surface area contributed by atoms with Crippen LogP contribution < -0.4 is 20.7 Å². The van der Waals surface area contributed by atoms with Gasteiger partial charge in [-0.1, -0.05) is 53.9 Å². The average Bonchev–Trinajstić information content (AvgIpc) is 3.80. The Morgan fingerprint density at radius 2 is 1.82 bits per heavy atom. The van der Waals surface area contributed by atoms with E-state index < -0.39 is 6.03 Å². The van der Waals surface area contributed by atoms with Crippen LogP contribution in [0.5, 0.6) is 5.75 Å². The number of fused-ring (bicyclic) bond motifs is 3. The normalized spacial score (nSPS) is 19.0. The van der Waals surface area contributed by atoms with Gasteiger partial charge >= 0.3 is 6.03 Å². The van der Waals surface area contributed by atoms with Gasteiger partial charge in [-0.15, -0.1) is 0 Å². The standard InChI is InChI=1S/C49H61BrN8O8/c1-31-12-14-34(15-13-31)47(60)57(30-49(4,5)46-38-10-8-9-37(38)39-24-35(58(62)63)16-17-41(39)53-46)18-21-64-20-7-6-11-45(59)56-19-22-65-36(28-56)29-66-43-23-32(2)40(50)25-42(43)54-48(61)55-44-27-51-33(3)26-52-44/h12-17,23-27,36-38,46,53H,6-11,18-22,28-30H2,1-5H3,(H2,52,54,55,61)/t36-,37?,38?,46?/m0/s1. The highest BCUT2D eigenvalue weighted by molar-refractivity contribution is 9.10. The minimum absolute atomic E-state index is 0.0415. The molecular weight excluding hydrogens is 908 g/mol. The predicted octanol–water partition coefficient (Wildman–Crippen LogP) is 9.06. The van der Waals surface area contributed by atoms with Crippen molar-refractivity contribution in [2.75, 3.05) is 68.6 Å². The Labute approximate surface area is 394 Å². The van der Waals surface area contributed by atoms with E-state index in [0.717, 1.165) is 51.8 Å². The van der Waals surface area contributed by atoms with Gasteiger partial charge in [-0.25, -0.2) is 9.78 Å². The van der Waals surface area contributed by atoms with Gasteiger partial charge in [-0.05, 0) is 99.7 Å². The molecule has 0 spiro atoms. The molecule has 66 heavy (non-hydrogen) atoms. The smallest absolute Gasteiger partial charge is 0.325 e. The molecule has 1 aliphatic carbocycles. The van der Waals surface area contributed by atoms with Crippen molar-refractivity contribution in [3.63, 3.8) is 0 Å². The molecule has 0 radical (unpaired) electrons. The van der Waals surface area contributed by atoms with E-state index in [0.29, 0.717) is 94.0 Å². The fourth-order valence-corrected chi connectivity index (χ4v) is 9.73. The Morgan fingerprint density at radius 1 is 1.02 bits per heavy atom. The Kier molecular flexibility index (Phi) is 15.9. The van der Waals surface area contributed by atoms with E-state index in [1.807, 2.05) is 67.0 Å². The lowest BCUT2D eigenvalue weighted by atomic mass is 9.69. The number of anilines is 3. The molecule has 17 heteroatoms. The van der Waals surface area contributed by atoms with Gasteiger partial charge in [-0.3, -0.25) is 30.0 Å². The summed E-state index contributed by atoms with van der Waals surface area (Å²) < 4.78 is 19.1. The molecule has 16 nitrogen and oxygen atoms in total. The molecule has 1 saturated carbocycles. The Morgan fingerprint density at radius 3 is 2.58 bits per heavy atom. The number of carbonyl (C=O) groups excluding carboxylic acids is 3. The number of ether oxygens (including phenoxy) is 3. The number of aromatic nitrogens is 2. The largest absolute Gasteiger partial charge is 0.489 e. The van der Waals surface area contributed by atoms with Crippen LogP contribution in [0.3, 0.4) is 0 Å². The second-order valence-electron chi connectivity index (χ2n) is 18.4. The van der Waals surface area contributed by atoms with Gasteiger partial charge in [-0.2, -0.15) is 0 Å². The van der Waals surface area contributed by atoms with Crippen molar-refractivity contribution in [3.8, 4) is 5.75 Å². The number of morpholine rings is 1. The third-order valence-corrected chi connectivity index (χ3v) is 13.7. The molecule has 1 saturated heterocycles. The minimum Gasteiger partial charge on any atom is -0.489 e. The quantitative estimate of drug-likeness (QED) is 0.0490. The zero-order valence-electron chi connectivity index (χ0n) is 38.4. The van der Waals surface area contributed by atoms with Crippen LogP contribution in [0.4, 0.5) is 27.7 Å². The number of amides is 4. The van der Waals surface area contributed by atoms with E-state index in [4.69, 9.17) is 14.2 Å². The second-order valence-corrected chi connectivity index (χ2v) is 19.2. The molecule has 4 aromatic rings. The van der Waals surface area contributed by atoms with Crippen molar-refractivity contribution in [1.82, 2.24) is 19.8 Å². The molecule has 3 heterocycles. The molecule has 2 fully saturated rings. The van der Waals surface area contributed by atoms with Gasteiger partial charge in [0.05, 0.1) is 48.5 Å². The molecule has 1 aromatic heterocycles. The minimum atomic E-state index is -0.499. The maximum absolute atomic E-state index is 14.1. The summed E-state index contributed by atoms with van der Waals surface area (Å²) >= 11 is 3.54. The summed E-state index contributed by atoms with van der Waals surface area (Å²) in [4.78, 5) is 63.6. The molecule has 4 atom stereocenters. The summed E-state index contributed by atoms with van der Waals surface area (Å²) in [6.07, 6.45) is 7.47. The highest BCUT2D eigenvalue weighted by Crippen LogP contribution is 2.52. The monoisotopic (exact) mass is 968 g/mol. The molecule has 7 rings (SSSR count). The average molecular weight is 970 g/mol. The molecule has 4 amide bonds. The number of nitrogens with zero attached hydrogens (tertiary/aromatic N) is 5. The van der Waals surface area contributed by atoms with Crippen molar-refractivity contribution in [3.05, 3.63) is 110 Å². The lowest BCUT2D eigenvalue weighted by molar-refractivity contribution is -0.384. The van der Waals surface area contributed by atoms with Crippen LogP contribution >= 0.6 is 15.9 Å². The third-order valence-electron chi connectivity index (χ3n) is 12.9. The number of nitrogens with one attached hydrogen (secondary N) is 3. The fourth-order valence-electron chi connectivity index (χ4n) is 9.39. The number of halogens is 1. The predicted molar refractivity (Wildman–Crippen MR) is 256 cm³/mol. The summed E-state index contributed by atoms with van der Waals surface area (Å²) in [6, 6.07) is 16.0. The number of unbranched alkanes of at least 4 members (excludes halogenated alkanes) is 1.